The molecule has 5 nitrogen and oxygen atoms in total. The molecule has 1 aromatic carbocycles. The quantitative estimate of drug-likeness (QED) is 0.653. The lowest BCUT2D eigenvalue weighted by molar-refractivity contribution is -0.205. The van der Waals surface area contributed by atoms with Gasteiger partial charge in [0.25, 0.3) is 0 Å². The van der Waals surface area contributed by atoms with Crippen LogP contribution in [0.4, 0.5) is 0 Å². The van der Waals surface area contributed by atoms with Crippen molar-refractivity contribution in [1.82, 2.24) is 0 Å². The van der Waals surface area contributed by atoms with Crippen molar-refractivity contribution in [2.45, 2.75) is 34.7 Å². The predicted molar refractivity (Wildman–Crippen MR) is 76.1 cm³/mol. The Morgan fingerprint density at radius 2 is 1.75 bits per heavy atom. The van der Waals surface area contributed by atoms with Gasteiger partial charge in [-0.1, -0.05) is 35.0 Å². The van der Waals surface area contributed by atoms with Gasteiger partial charge in [0.1, 0.15) is 29.9 Å². The molecule has 1 aliphatic heterocycles. The summed E-state index contributed by atoms with van der Waals surface area (Å²) in [5, 5.41) is 39.2. The molecule has 112 valence electrons. The van der Waals surface area contributed by atoms with E-state index < -0.39 is 36.5 Å². The smallest absolute Gasteiger partial charge is 0.136 e. The number of hydrogen-bond acceptors (Lipinski definition) is 6. The second-order valence-corrected chi connectivity index (χ2v) is 6.38. The van der Waals surface area contributed by atoms with Gasteiger partial charge in [0.05, 0.1) is 16.7 Å². The van der Waals surface area contributed by atoms with Crippen LogP contribution in [-0.4, -0.2) is 56.9 Å². The highest BCUT2D eigenvalue weighted by molar-refractivity contribution is 7.99. The van der Waals surface area contributed by atoms with Crippen LogP contribution in [0.5, 0.6) is 0 Å². The summed E-state index contributed by atoms with van der Waals surface area (Å²) in [6.45, 7) is -0.455. The summed E-state index contributed by atoms with van der Waals surface area (Å²) < 4.78 is 5.38. The van der Waals surface area contributed by atoms with Gasteiger partial charge in [-0.15, -0.1) is 0 Å². The molecule has 1 saturated heterocycles. The maximum absolute atomic E-state index is 9.91. The number of aliphatic hydroxyl groups is 4. The molecule has 0 aliphatic carbocycles. The Bertz CT molecular complexity index is 473. The van der Waals surface area contributed by atoms with Gasteiger partial charge in [-0.2, -0.15) is 0 Å². The first-order valence-electron chi connectivity index (χ1n) is 5.86. The van der Waals surface area contributed by atoms with Crippen molar-refractivity contribution < 1.29 is 25.2 Å². The summed E-state index contributed by atoms with van der Waals surface area (Å²) in [7, 11) is 0. The number of ether oxygens (including phenoxy) is 1. The molecule has 0 spiro atoms. The van der Waals surface area contributed by atoms with E-state index in [0.29, 0.717) is 14.9 Å². The second-order valence-electron chi connectivity index (χ2n) is 4.39. The molecule has 4 N–H and O–H groups in total. The lowest BCUT2D eigenvalue weighted by atomic mass is 10.0. The van der Waals surface area contributed by atoms with Gasteiger partial charge in [-0.05, 0) is 18.2 Å². The van der Waals surface area contributed by atoms with Crippen LogP contribution in [0.1, 0.15) is 0 Å². The van der Waals surface area contributed by atoms with Crippen LogP contribution in [0.2, 0.25) is 10.0 Å². The Kier molecular flexibility index (Phi) is 5.56. The first-order chi connectivity index (χ1) is 9.43. The number of benzene rings is 1. The molecule has 1 aromatic rings. The summed E-state index contributed by atoms with van der Waals surface area (Å²) >= 11 is 12.8. The van der Waals surface area contributed by atoms with Gasteiger partial charge in [0, 0.05) is 4.90 Å². The molecule has 0 radical (unpaired) electrons. The fraction of sp³-hybridized carbons (Fsp3) is 0.500. The normalized spacial score (nSPS) is 34.2. The summed E-state index contributed by atoms with van der Waals surface area (Å²) in [4.78, 5) is 0.684. The topological polar surface area (TPSA) is 90.2 Å². The standard InChI is InChI=1S/C12H14Cl2O5S/c13-6-2-1-5(3-7(6)14)20-12-11(18)10(17)9(16)8(4-15)19-12/h1-3,8-12,15-18H,4H2/t8?,9-,10-,11?,12+/m0/s1. The summed E-state index contributed by atoms with van der Waals surface area (Å²) in [6.07, 6.45) is -4.96. The van der Waals surface area contributed by atoms with Crippen LogP contribution in [0.25, 0.3) is 0 Å². The molecule has 1 heterocycles. The fourth-order valence-corrected chi connectivity index (χ4v) is 3.31. The third kappa shape index (κ3) is 3.40. The van der Waals surface area contributed by atoms with Gasteiger partial charge in [0.15, 0.2) is 0 Å². The minimum absolute atomic E-state index is 0.362. The van der Waals surface area contributed by atoms with Crippen molar-refractivity contribution in [1.29, 1.82) is 0 Å². The second kappa shape index (κ2) is 6.81. The number of hydrogen-bond donors (Lipinski definition) is 4. The molecular formula is C12H14Cl2O5S. The Morgan fingerprint density at radius 3 is 2.35 bits per heavy atom. The molecule has 0 aromatic heterocycles. The predicted octanol–water partition coefficient (Wildman–Crippen LogP) is 0.885. The van der Waals surface area contributed by atoms with E-state index in [9.17, 15) is 15.3 Å². The number of thioether (sulfide) groups is 1. The fourth-order valence-electron chi connectivity index (χ4n) is 1.85. The lowest BCUT2D eigenvalue weighted by Gasteiger charge is -2.39. The van der Waals surface area contributed by atoms with Crippen molar-refractivity contribution in [3.8, 4) is 0 Å². The van der Waals surface area contributed by atoms with E-state index in [-0.39, 0.29) is 0 Å². The SMILES string of the molecule is OCC1O[C@H](Sc2ccc(Cl)c(Cl)c2)C(O)[C@@H](O)[C@H]1O. The first kappa shape index (κ1) is 16.3. The van der Waals surface area contributed by atoms with Gasteiger partial charge >= 0.3 is 0 Å². The first-order valence-corrected chi connectivity index (χ1v) is 7.50. The highest BCUT2D eigenvalue weighted by atomic mass is 35.5. The van der Waals surface area contributed by atoms with E-state index in [1.807, 2.05) is 0 Å². The lowest BCUT2D eigenvalue weighted by Crippen LogP contribution is -2.57. The van der Waals surface area contributed by atoms with Crippen molar-refractivity contribution in [3.05, 3.63) is 28.2 Å². The van der Waals surface area contributed by atoms with Crippen molar-refractivity contribution in [2.24, 2.45) is 0 Å². The van der Waals surface area contributed by atoms with Gasteiger partial charge in [-0.3, -0.25) is 0 Å². The molecule has 0 saturated carbocycles. The van der Waals surface area contributed by atoms with Crippen LogP contribution in [-0.2, 0) is 4.74 Å². The molecule has 1 aliphatic rings. The third-order valence-corrected chi connectivity index (χ3v) is 4.88. The average molecular weight is 341 g/mol. The summed E-state index contributed by atoms with van der Waals surface area (Å²) in [6, 6.07) is 4.91. The maximum Gasteiger partial charge on any atom is 0.136 e. The zero-order chi connectivity index (χ0) is 14.9. The van der Waals surface area contributed by atoms with E-state index in [1.165, 1.54) is 0 Å². The van der Waals surface area contributed by atoms with E-state index in [4.69, 9.17) is 33.0 Å². The minimum atomic E-state index is -1.39. The average Bonchev–Trinajstić information content (AvgIpc) is 2.43. The van der Waals surface area contributed by atoms with Crippen LogP contribution < -0.4 is 0 Å². The molecule has 8 heteroatoms. The Morgan fingerprint density at radius 1 is 1.05 bits per heavy atom. The minimum Gasteiger partial charge on any atom is -0.394 e. The number of halogens is 2. The monoisotopic (exact) mass is 340 g/mol. The molecule has 2 unspecified atom stereocenters. The van der Waals surface area contributed by atoms with Crippen LogP contribution in [0.15, 0.2) is 23.1 Å². The highest BCUT2D eigenvalue weighted by Gasteiger charge is 2.43. The molecule has 5 atom stereocenters. The van der Waals surface area contributed by atoms with Gasteiger partial charge in [0.2, 0.25) is 0 Å². The third-order valence-electron chi connectivity index (χ3n) is 2.99. The van der Waals surface area contributed by atoms with Crippen molar-refractivity contribution in [2.75, 3.05) is 6.61 Å². The van der Waals surface area contributed by atoms with E-state index in [1.54, 1.807) is 18.2 Å². The zero-order valence-electron chi connectivity index (χ0n) is 10.2. The van der Waals surface area contributed by atoms with Gasteiger partial charge < -0.3 is 25.2 Å². The molecule has 0 amide bonds. The van der Waals surface area contributed by atoms with Crippen LogP contribution in [0, 0.1) is 0 Å². The van der Waals surface area contributed by atoms with Gasteiger partial charge in [-0.25, -0.2) is 0 Å². The van der Waals surface area contributed by atoms with Crippen LogP contribution >= 0.6 is 35.0 Å². The van der Waals surface area contributed by atoms with E-state index in [2.05, 4.69) is 0 Å². The maximum atomic E-state index is 9.91. The van der Waals surface area contributed by atoms with Crippen LogP contribution in [0.3, 0.4) is 0 Å². The molecule has 2 rings (SSSR count). The molecule has 1 fully saturated rings. The van der Waals surface area contributed by atoms with Crippen molar-refractivity contribution >= 4 is 35.0 Å². The number of rotatable bonds is 3. The van der Waals surface area contributed by atoms with E-state index >= 15 is 0 Å². The Hall–Kier alpha value is -0.0500. The Balaban J connectivity index is 2.13. The number of aliphatic hydroxyl groups excluding tert-OH is 4. The molecular weight excluding hydrogens is 327 g/mol. The summed E-state index contributed by atoms with van der Waals surface area (Å²) in [5.74, 6) is 0. The largest absolute Gasteiger partial charge is 0.394 e. The zero-order valence-corrected chi connectivity index (χ0v) is 12.5. The summed E-state index contributed by atoms with van der Waals surface area (Å²) in [5.41, 5.74) is -0.831. The Labute approximate surface area is 130 Å². The van der Waals surface area contributed by atoms with Crippen molar-refractivity contribution in [3.63, 3.8) is 0 Å². The molecule has 0 bridgehead atoms. The van der Waals surface area contributed by atoms with E-state index in [0.717, 1.165) is 11.8 Å². The molecule has 20 heavy (non-hydrogen) atoms. The highest BCUT2D eigenvalue weighted by Crippen LogP contribution is 2.35.